The van der Waals surface area contributed by atoms with E-state index < -0.39 is 11.7 Å². The van der Waals surface area contributed by atoms with Crippen molar-refractivity contribution in [3.05, 3.63) is 36.0 Å². The van der Waals surface area contributed by atoms with Crippen molar-refractivity contribution in [2.75, 3.05) is 10.6 Å². The van der Waals surface area contributed by atoms with Gasteiger partial charge in [-0.25, -0.2) is 0 Å². The number of hydrogen-bond donors (Lipinski definition) is 2. The minimum absolute atomic E-state index is 0.125. The third-order valence-corrected chi connectivity index (χ3v) is 2.44. The summed E-state index contributed by atoms with van der Waals surface area (Å²) in [6.45, 7) is 3.87. The Morgan fingerprint density at radius 3 is 2.62 bits per heavy atom. The highest BCUT2D eigenvalue weighted by Gasteiger charge is 2.30. The van der Waals surface area contributed by atoms with Crippen molar-refractivity contribution in [3.8, 4) is 0 Å². The van der Waals surface area contributed by atoms with E-state index in [1.54, 1.807) is 0 Å². The molecule has 0 spiro atoms. The molecule has 5 nitrogen and oxygen atoms in total. The summed E-state index contributed by atoms with van der Waals surface area (Å²) in [6.07, 6.45) is -2.95. The molecule has 0 aliphatic carbocycles. The van der Waals surface area contributed by atoms with Crippen LogP contribution >= 0.6 is 0 Å². The molecule has 8 heteroatoms. The van der Waals surface area contributed by atoms with Crippen LogP contribution in [0.3, 0.4) is 0 Å². The van der Waals surface area contributed by atoms with Crippen molar-refractivity contribution in [1.29, 1.82) is 0 Å². The van der Waals surface area contributed by atoms with Crippen LogP contribution in [0, 0.1) is 0 Å². The van der Waals surface area contributed by atoms with E-state index in [0.717, 1.165) is 12.1 Å². The predicted molar refractivity (Wildman–Crippen MR) is 73.3 cm³/mol. The smallest absolute Gasteiger partial charge is 0.366 e. The fourth-order valence-corrected chi connectivity index (χ4v) is 1.62. The molecule has 2 rings (SSSR count). The minimum atomic E-state index is -4.39. The van der Waals surface area contributed by atoms with Gasteiger partial charge in [-0.1, -0.05) is 6.07 Å². The lowest BCUT2D eigenvalue weighted by Gasteiger charge is -2.11. The number of anilines is 3. The third kappa shape index (κ3) is 4.30. The van der Waals surface area contributed by atoms with E-state index >= 15 is 0 Å². The van der Waals surface area contributed by atoms with Crippen molar-refractivity contribution in [3.63, 3.8) is 0 Å². The van der Waals surface area contributed by atoms with Gasteiger partial charge in [-0.05, 0) is 32.0 Å². The molecule has 0 amide bonds. The van der Waals surface area contributed by atoms with Crippen LogP contribution in [0.5, 0.6) is 0 Å². The van der Waals surface area contributed by atoms with Crippen molar-refractivity contribution in [1.82, 2.24) is 15.2 Å². The second-order valence-corrected chi connectivity index (χ2v) is 4.67. The summed E-state index contributed by atoms with van der Waals surface area (Å²) in [5.41, 5.74) is -0.495. The Labute approximate surface area is 119 Å². The molecule has 1 aromatic heterocycles. The first-order chi connectivity index (χ1) is 9.84. The molecular weight excluding hydrogens is 283 g/mol. The van der Waals surface area contributed by atoms with Gasteiger partial charge in [0.2, 0.25) is 5.95 Å². The largest absolute Gasteiger partial charge is 0.416 e. The molecule has 0 unspecified atom stereocenters. The predicted octanol–water partition coefficient (Wildman–Crippen LogP) is 3.45. The molecule has 112 valence electrons. The topological polar surface area (TPSA) is 62.7 Å². The number of benzene rings is 1. The summed E-state index contributed by atoms with van der Waals surface area (Å²) in [4.78, 5) is 4.12. The number of rotatable bonds is 4. The minimum Gasteiger partial charge on any atom is -0.366 e. The molecule has 0 radical (unpaired) electrons. The highest BCUT2D eigenvalue weighted by atomic mass is 19.4. The van der Waals surface area contributed by atoms with Gasteiger partial charge < -0.3 is 10.6 Å². The fourth-order valence-electron chi connectivity index (χ4n) is 1.62. The van der Waals surface area contributed by atoms with Crippen molar-refractivity contribution < 1.29 is 13.2 Å². The first kappa shape index (κ1) is 15.0. The number of halogens is 3. The lowest BCUT2D eigenvalue weighted by molar-refractivity contribution is -0.137. The first-order valence-electron chi connectivity index (χ1n) is 6.25. The quantitative estimate of drug-likeness (QED) is 0.905. The van der Waals surface area contributed by atoms with Crippen LogP contribution in [0.15, 0.2) is 30.5 Å². The molecule has 21 heavy (non-hydrogen) atoms. The van der Waals surface area contributed by atoms with Gasteiger partial charge in [-0.3, -0.25) is 0 Å². The van der Waals surface area contributed by atoms with Gasteiger partial charge in [0, 0.05) is 11.7 Å². The normalized spacial score (nSPS) is 11.5. The summed E-state index contributed by atoms with van der Waals surface area (Å²) in [5.74, 6) is 0.620. The second-order valence-electron chi connectivity index (χ2n) is 4.67. The van der Waals surface area contributed by atoms with E-state index in [-0.39, 0.29) is 17.7 Å². The van der Waals surface area contributed by atoms with Gasteiger partial charge in [0.25, 0.3) is 0 Å². The summed E-state index contributed by atoms with van der Waals surface area (Å²) in [6, 6.07) is 4.96. The van der Waals surface area contributed by atoms with E-state index in [0.29, 0.717) is 5.82 Å². The van der Waals surface area contributed by atoms with Gasteiger partial charge in [0.05, 0.1) is 11.8 Å². The molecule has 0 saturated carbocycles. The molecule has 0 fully saturated rings. The Hall–Kier alpha value is -2.38. The molecular formula is C13H14F3N5. The Morgan fingerprint density at radius 1 is 1.19 bits per heavy atom. The average molecular weight is 297 g/mol. The lowest BCUT2D eigenvalue weighted by atomic mass is 10.2. The lowest BCUT2D eigenvalue weighted by Crippen LogP contribution is -2.12. The van der Waals surface area contributed by atoms with E-state index in [4.69, 9.17) is 0 Å². The highest BCUT2D eigenvalue weighted by Crippen LogP contribution is 2.31. The van der Waals surface area contributed by atoms with Crippen LogP contribution in [-0.2, 0) is 6.18 Å². The van der Waals surface area contributed by atoms with Gasteiger partial charge in [0.15, 0.2) is 5.82 Å². The molecule has 2 N–H and O–H groups in total. The van der Waals surface area contributed by atoms with E-state index in [1.165, 1.54) is 18.3 Å². The van der Waals surface area contributed by atoms with Crippen molar-refractivity contribution >= 4 is 17.5 Å². The van der Waals surface area contributed by atoms with Crippen molar-refractivity contribution in [2.45, 2.75) is 26.1 Å². The molecule has 0 atom stereocenters. The van der Waals surface area contributed by atoms with Crippen LogP contribution in [0.4, 0.5) is 30.6 Å². The second kappa shape index (κ2) is 5.94. The number of alkyl halides is 3. The van der Waals surface area contributed by atoms with E-state index in [1.807, 2.05) is 13.8 Å². The molecule has 0 saturated heterocycles. The SMILES string of the molecule is CC(C)Nc1cnnc(Nc2cccc(C(F)(F)F)c2)n1. The number of nitrogens with one attached hydrogen (secondary N) is 2. The summed E-state index contributed by atoms with van der Waals surface area (Å²) < 4.78 is 37.9. The Morgan fingerprint density at radius 2 is 1.95 bits per heavy atom. The van der Waals surface area contributed by atoms with Crippen molar-refractivity contribution in [2.24, 2.45) is 0 Å². The molecule has 0 aliphatic rings. The third-order valence-electron chi connectivity index (χ3n) is 2.44. The van der Waals surface area contributed by atoms with Gasteiger partial charge in [-0.15, -0.1) is 5.10 Å². The average Bonchev–Trinajstić information content (AvgIpc) is 2.37. The first-order valence-corrected chi connectivity index (χ1v) is 6.25. The highest BCUT2D eigenvalue weighted by molar-refractivity contribution is 5.55. The van der Waals surface area contributed by atoms with Gasteiger partial charge >= 0.3 is 6.18 Å². The zero-order valence-electron chi connectivity index (χ0n) is 11.4. The monoisotopic (exact) mass is 297 g/mol. The standard InChI is InChI=1S/C13H14F3N5/c1-8(2)18-11-7-17-21-12(20-11)19-10-5-3-4-9(6-10)13(14,15)16/h3-8H,1-2H3,(H2,18,19,20,21). The molecule has 2 aromatic rings. The molecule has 0 aliphatic heterocycles. The number of nitrogens with zero attached hydrogens (tertiary/aromatic N) is 3. The molecule has 1 aromatic carbocycles. The fraction of sp³-hybridized carbons (Fsp3) is 0.308. The Bertz CT molecular complexity index is 613. The maximum atomic E-state index is 12.6. The summed E-state index contributed by atoms with van der Waals surface area (Å²) >= 11 is 0. The number of aromatic nitrogens is 3. The maximum absolute atomic E-state index is 12.6. The Kier molecular flexibility index (Phi) is 4.25. The van der Waals surface area contributed by atoms with Gasteiger partial charge in [-0.2, -0.15) is 23.3 Å². The Balaban J connectivity index is 2.18. The van der Waals surface area contributed by atoms with E-state index in [9.17, 15) is 13.2 Å². The van der Waals surface area contributed by atoms with Crippen LogP contribution in [-0.4, -0.2) is 21.2 Å². The van der Waals surface area contributed by atoms with Crippen LogP contribution in [0.2, 0.25) is 0 Å². The van der Waals surface area contributed by atoms with Gasteiger partial charge in [0.1, 0.15) is 0 Å². The van der Waals surface area contributed by atoms with Crippen LogP contribution in [0.25, 0.3) is 0 Å². The van der Waals surface area contributed by atoms with E-state index in [2.05, 4.69) is 25.8 Å². The van der Waals surface area contributed by atoms with Crippen LogP contribution < -0.4 is 10.6 Å². The molecule has 1 heterocycles. The maximum Gasteiger partial charge on any atom is 0.416 e. The number of hydrogen-bond acceptors (Lipinski definition) is 5. The summed E-state index contributed by atoms with van der Waals surface area (Å²) in [7, 11) is 0. The van der Waals surface area contributed by atoms with Crippen LogP contribution in [0.1, 0.15) is 19.4 Å². The zero-order chi connectivity index (χ0) is 15.5. The zero-order valence-corrected chi connectivity index (χ0v) is 11.4. The molecule has 0 bridgehead atoms. The summed E-state index contributed by atoms with van der Waals surface area (Å²) in [5, 5.41) is 13.2.